The first-order chi connectivity index (χ1) is 11.4. The molecular weight excluding hydrogens is 280 g/mol. The molecule has 0 spiro atoms. The van der Waals surface area contributed by atoms with Gasteiger partial charge in [0, 0.05) is 6.42 Å². The number of hydrogen-bond donors (Lipinski definition) is 1. The third-order valence-corrected chi connectivity index (χ3v) is 4.60. The largest absolute Gasteiger partial charge is 0.317 e. The molecule has 0 aromatic rings. The molecular formula is C21H42N2. The Kier molecular flexibility index (Phi) is 20.9. The van der Waals surface area contributed by atoms with Crippen LogP contribution >= 0.6 is 0 Å². The number of unbranched alkanes of at least 4 members (excludes halogenated alkanes) is 15. The summed E-state index contributed by atoms with van der Waals surface area (Å²) >= 11 is 0. The summed E-state index contributed by atoms with van der Waals surface area (Å²) in [5, 5.41) is 12.0. The first kappa shape index (κ1) is 22.4. The van der Waals surface area contributed by atoms with Gasteiger partial charge in [-0.3, -0.25) is 0 Å². The lowest BCUT2D eigenvalue weighted by Gasteiger charge is -2.05. The summed E-state index contributed by atoms with van der Waals surface area (Å²) in [7, 11) is 0. The van der Waals surface area contributed by atoms with E-state index in [-0.39, 0.29) is 0 Å². The summed E-state index contributed by atoms with van der Waals surface area (Å²) in [6, 6.07) is 2.22. The lowest BCUT2D eigenvalue weighted by molar-refractivity contribution is 0.531. The van der Waals surface area contributed by atoms with Gasteiger partial charge in [0.15, 0.2) is 0 Å². The topological polar surface area (TPSA) is 35.8 Å². The highest BCUT2D eigenvalue weighted by Gasteiger charge is 1.94. The van der Waals surface area contributed by atoms with E-state index in [1.165, 1.54) is 109 Å². The molecule has 136 valence electrons. The van der Waals surface area contributed by atoms with Crippen LogP contribution in [0.15, 0.2) is 0 Å². The van der Waals surface area contributed by atoms with Gasteiger partial charge in [0.1, 0.15) is 0 Å². The van der Waals surface area contributed by atoms with Gasteiger partial charge < -0.3 is 5.32 Å². The summed E-state index contributed by atoms with van der Waals surface area (Å²) in [5.41, 5.74) is 0. The number of rotatable bonds is 19. The molecule has 0 heterocycles. The molecule has 0 rings (SSSR count). The monoisotopic (exact) mass is 322 g/mol. The molecule has 0 atom stereocenters. The molecule has 23 heavy (non-hydrogen) atoms. The van der Waals surface area contributed by atoms with E-state index in [9.17, 15) is 0 Å². The third-order valence-electron chi connectivity index (χ3n) is 4.60. The van der Waals surface area contributed by atoms with Crippen LogP contribution in [0.3, 0.4) is 0 Å². The van der Waals surface area contributed by atoms with Crippen LogP contribution in [-0.2, 0) is 0 Å². The van der Waals surface area contributed by atoms with Crippen LogP contribution in [0.4, 0.5) is 0 Å². The van der Waals surface area contributed by atoms with Crippen LogP contribution in [0.5, 0.6) is 0 Å². The molecule has 0 aliphatic rings. The van der Waals surface area contributed by atoms with Crippen LogP contribution in [0.2, 0.25) is 0 Å². The summed E-state index contributed by atoms with van der Waals surface area (Å²) in [5.74, 6) is 0. The van der Waals surface area contributed by atoms with E-state index >= 15 is 0 Å². The van der Waals surface area contributed by atoms with Gasteiger partial charge in [-0.05, 0) is 32.4 Å². The molecule has 0 fully saturated rings. The van der Waals surface area contributed by atoms with E-state index in [1.54, 1.807) is 0 Å². The number of nitrogens with one attached hydrogen (secondary N) is 1. The Hall–Kier alpha value is -0.550. The van der Waals surface area contributed by atoms with Gasteiger partial charge >= 0.3 is 0 Å². The highest BCUT2D eigenvalue weighted by atomic mass is 14.8. The predicted octanol–water partition coefficient (Wildman–Crippen LogP) is 6.75. The van der Waals surface area contributed by atoms with Crippen molar-refractivity contribution < 1.29 is 0 Å². The third kappa shape index (κ3) is 21.5. The molecule has 0 aromatic heterocycles. The Morgan fingerprint density at radius 1 is 0.565 bits per heavy atom. The van der Waals surface area contributed by atoms with Crippen molar-refractivity contribution in [2.75, 3.05) is 13.1 Å². The Morgan fingerprint density at radius 3 is 1.39 bits per heavy atom. The quantitative estimate of drug-likeness (QED) is 0.267. The Balaban J connectivity index is 2.94. The number of hydrogen-bond acceptors (Lipinski definition) is 2. The average Bonchev–Trinajstić information content (AvgIpc) is 2.57. The van der Waals surface area contributed by atoms with Crippen molar-refractivity contribution in [3.8, 4) is 6.07 Å². The van der Waals surface area contributed by atoms with E-state index in [0.29, 0.717) is 0 Å². The lowest BCUT2D eigenvalue weighted by Crippen LogP contribution is -2.16. The van der Waals surface area contributed by atoms with Gasteiger partial charge in [0.2, 0.25) is 0 Å². The molecule has 1 N–H and O–H groups in total. The molecule has 0 saturated carbocycles. The average molecular weight is 323 g/mol. The number of nitriles is 1. The Bertz CT molecular complexity index is 245. The highest BCUT2D eigenvalue weighted by Crippen LogP contribution is 2.09. The zero-order chi connectivity index (χ0) is 16.8. The van der Waals surface area contributed by atoms with Crippen LogP contribution in [0.1, 0.15) is 116 Å². The summed E-state index contributed by atoms with van der Waals surface area (Å²) in [6.07, 6.45) is 22.5. The van der Waals surface area contributed by atoms with Crippen LogP contribution < -0.4 is 5.32 Å². The van der Waals surface area contributed by atoms with E-state index in [4.69, 9.17) is 5.26 Å². The van der Waals surface area contributed by atoms with E-state index in [2.05, 4.69) is 18.3 Å². The van der Waals surface area contributed by atoms with Crippen LogP contribution in [-0.4, -0.2) is 13.1 Å². The molecule has 0 unspecified atom stereocenters. The second-order valence-electron chi connectivity index (χ2n) is 6.96. The molecule has 0 aromatic carbocycles. The summed E-state index contributed by atoms with van der Waals surface area (Å²) in [6.45, 7) is 4.71. The molecule has 0 radical (unpaired) electrons. The molecule has 0 aliphatic heterocycles. The fraction of sp³-hybridized carbons (Fsp3) is 0.952. The maximum absolute atomic E-state index is 8.45. The van der Waals surface area contributed by atoms with E-state index in [1.807, 2.05) is 0 Å². The standard InChI is InChI=1S/C21H42N2/c1-2-3-4-5-6-11-14-17-20-23-21-18-15-12-9-7-8-10-13-16-19-22/h23H,2-18,20-21H2,1H3. The molecule has 2 heteroatoms. The van der Waals surface area contributed by atoms with Gasteiger partial charge in [0.25, 0.3) is 0 Å². The zero-order valence-electron chi connectivity index (χ0n) is 15.9. The second-order valence-corrected chi connectivity index (χ2v) is 6.96. The van der Waals surface area contributed by atoms with E-state index in [0.717, 1.165) is 12.8 Å². The van der Waals surface area contributed by atoms with Gasteiger partial charge in [-0.25, -0.2) is 0 Å². The van der Waals surface area contributed by atoms with E-state index < -0.39 is 0 Å². The second kappa shape index (κ2) is 21.4. The first-order valence-corrected chi connectivity index (χ1v) is 10.5. The summed E-state index contributed by atoms with van der Waals surface area (Å²) < 4.78 is 0. The van der Waals surface area contributed by atoms with Crippen molar-refractivity contribution in [2.45, 2.75) is 116 Å². The molecule has 0 saturated heterocycles. The Morgan fingerprint density at radius 2 is 0.957 bits per heavy atom. The fourth-order valence-corrected chi connectivity index (χ4v) is 3.02. The number of nitrogens with zero attached hydrogens (tertiary/aromatic N) is 1. The van der Waals surface area contributed by atoms with Gasteiger partial charge in [-0.2, -0.15) is 5.26 Å². The minimum Gasteiger partial charge on any atom is -0.317 e. The molecule has 2 nitrogen and oxygen atoms in total. The van der Waals surface area contributed by atoms with Gasteiger partial charge in [-0.1, -0.05) is 90.4 Å². The van der Waals surface area contributed by atoms with Crippen LogP contribution in [0, 0.1) is 11.3 Å². The lowest BCUT2D eigenvalue weighted by atomic mass is 10.1. The predicted molar refractivity (Wildman–Crippen MR) is 103 cm³/mol. The van der Waals surface area contributed by atoms with Crippen molar-refractivity contribution in [1.82, 2.24) is 5.32 Å². The SMILES string of the molecule is CCCCCCCCCCNCCCCCCCCCCC#N. The van der Waals surface area contributed by atoms with Crippen molar-refractivity contribution in [2.24, 2.45) is 0 Å². The van der Waals surface area contributed by atoms with Gasteiger partial charge in [-0.15, -0.1) is 0 Å². The molecule has 0 bridgehead atoms. The van der Waals surface area contributed by atoms with Crippen molar-refractivity contribution >= 4 is 0 Å². The van der Waals surface area contributed by atoms with Crippen molar-refractivity contribution in [3.63, 3.8) is 0 Å². The summed E-state index contributed by atoms with van der Waals surface area (Å²) in [4.78, 5) is 0. The smallest absolute Gasteiger partial charge is 0.0621 e. The molecule has 0 aliphatic carbocycles. The zero-order valence-corrected chi connectivity index (χ0v) is 15.9. The van der Waals surface area contributed by atoms with Crippen LogP contribution in [0.25, 0.3) is 0 Å². The molecule has 0 amide bonds. The first-order valence-electron chi connectivity index (χ1n) is 10.5. The van der Waals surface area contributed by atoms with Gasteiger partial charge in [0.05, 0.1) is 6.07 Å². The van der Waals surface area contributed by atoms with Crippen molar-refractivity contribution in [3.05, 3.63) is 0 Å². The highest BCUT2D eigenvalue weighted by molar-refractivity contribution is 4.67. The fourth-order valence-electron chi connectivity index (χ4n) is 3.02. The minimum absolute atomic E-state index is 0.741. The maximum Gasteiger partial charge on any atom is 0.0621 e. The van der Waals surface area contributed by atoms with Crippen molar-refractivity contribution in [1.29, 1.82) is 5.26 Å². The minimum atomic E-state index is 0.741. The maximum atomic E-state index is 8.45. The Labute approximate surface area is 146 Å². The normalized spacial score (nSPS) is 10.8.